The zero-order valence-corrected chi connectivity index (χ0v) is 19.1. The van der Waals surface area contributed by atoms with Gasteiger partial charge in [0.15, 0.2) is 0 Å². The minimum Gasteiger partial charge on any atom is -0.383 e. The molecule has 0 fully saturated rings. The predicted molar refractivity (Wildman–Crippen MR) is 122 cm³/mol. The summed E-state index contributed by atoms with van der Waals surface area (Å²) >= 11 is 0. The number of hydrogen-bond donors (Lipinski definition) is 2. The number of carbonyl (C=O) groups excluding carboxylic acids is 1. The maximum atomic E-state index is 14.6. The lowest BCUT2D eigenvalue weighted by atomic mass is 9.77. The van der Waals surface area contributed by atoms with Gasteiger partial charge in [-0.25, -0.2) is 4.39 Å². The van der Waals surface area contributed by atoms with Crippen LogP contribution < -0.4 is 11.1 Å². The first-order valence-corrected chi connectivity index (χ1v) is 11.0. The summed E-state index contributed by atoms with van der Waals surface area (Å²) in [5.74, 6) is -6.43. The van der Waals surface area contributed by atoms with E-state index in [-0.39, 0.29) is 34.4 Å². The zero-order valence-electron chi connectivity index (χ0n) is 19.1. The molecule has 2 aromatic carbocycles. The maximum Gasteiger partial charge on any atom is 0.453 e. The van der Waals surface area contributed by atoms with Crippen molar-refractivity contribution in [2.75, 3.05) is 11.1 Å². The van der Waals surface area contributed by atoms with E-state index in [0.29, 0.717) is 10.9 Å². The van der Waals surface area contributed by atoms with E-state index in [1.54, 1.807) is 24.3 Å². The van der Waals surface area contributed by atoms with E-state index < -0.39 is 42.1 Å². The Kier molecular flexibility index (Phi) is 5.42. The summed E-state index contributed by atoms with van der Waals surface area (Å²) in [5.41, 5.74) is 5.19. The second kappa shape index (κ2) is 8.18. The Morgan fingerprint density at radius 3 is 2.41 bits per heavy atom. The number of amides is 1. The fraction of sp³-hybridized carbons (Fsp3) is 0.250. The molecule has 1 amide bonds. The van der Waals surface area contributed by atoms with Crippen LogP contribution in [0.5, 0.6) is 0 Å². The van der Waals surface area contributed by atoms with Crippen LogP contribution in [0.3, 0.4) is 0 Å². The van der Waals surface area contributed by atoms with Gasteiger partial charge in [0.1, 0.15) is 22.9 Å². The normalized spacial score (nSPS) is 17.8. The van der Waals surface area contributed by atoms with Gasteiger partial charge in [0.25, 0.3) is 5.95 Å². The molecule has 13 heteroatoms. The fourth-order valence-electron chi connectivity index (χ4n) is 4.50. The van der Waals surface area contributed by atoms with E-state index >= 15 is 0 Å². The molecule has 0 spiro atoms. The third kappa shape index (κ3) is 3.76. The smallest absolute Gasteiger partial charge is 0.383 e. The van der Waals surface area contributed by atoms with Crippen LogP contribution in [-0.2, 0) is 16.6 Å². The second-order valence-corrected chi connectivity index (χ2v) is 8.77. The number of nitrogen functional groups attached to an aromatic ring is 1. The van der Waals surface area contributed by atoms with Gasteiger partial charge in [-0.2, -0.15) is 41.7 Å². The van der Waals surface area contributed by atoms with Crippen molar-refractivity contribution in [1.29, 1.82) is 0 Å². The number of benzene rings is 2. The van der Waals surface area contributed by atoms with Crippen molar-refractivity contribution in [1.82, 2.24) is 19.7 Å². The summed E-state index contributed by atoms with van der Waals surface area (Å²) in [6.07, 6.45) is -7.86. The summed E-state index contributed by atoms with van der Waals surface area (Å²) in [6, 6.07) is 12.0. The van der Waals surface area contributed by atoms with Crippen LogP contribution in [-0.4, -0.2) is 37.8 Å². The number of nitrogens with one attached hydrogen (secondary N) is 1. The molecule has 7 nitrogen and oxygen atoms in total. The molecule has 0 saturated carbocycles. The first-order chi connectivity index (χ1) is 17.3. The molecule has 0 bridgehead atoms. The molecule has 1 atom stereocenters. The number of para-hydroxylation sites is 1. The van der Waals surface area contributed by atoms with Gasteiger partial charge in [0.2, 0.25) is 5.91 Å². The molecular weight excluding hydrogens is 502 g/mol. The SMILES string of the molecule is CC1(c2ccccc2F)C(=O)Nc2nc(-n3nc(CCC(F)(F)C(F)(F)F)c4ccccc43)nc(N)c21. The number of anilines is 2. The molecule has 4 aromatic rings. The van der Waals surface area contributed by atoms with Gasteiger partial charge < -0.3 is 11.1 Å². The fourth-order valence-corrected chi connectivity index (χ4v) is 4.50. The molecule has 1 aliphatic rings. The summed E-state index contributed by atoms with van der Waals surface area (Å²) in [6.45, 7) is 1.48. The number of nitrogens with zero attached hydrogens (tertiary/aromatic N) is 4. The van der Waals surface area contributed by atoms with Crippen molar-refractivity contribution in [2.45, 2.75) is 37.3 Å². The number of hydrogen-bond acceptors (Lipinski definition) is 5. The van der Waals surface area contributed by atoms with E-state index in [1.165, 1.54) is 31.2 Å². The predicted octanol–water partition coefficient (Wildman–Crippen LogP) is 4.93. The monoisotopic (exact) mass is 520 g/mol. The number of rotatable bonds is 5. The zero-order chi connectivity index (χ0) is 26.8. The van der Waals surface area contributed by atoms with Gasteiger partial charge in [-0.15, -0.1) is 0 Å². The second-order valence-electron chi connectivity index (χ2n) is 8.77. The minimum absolute atomic E-state index is 0.00277. The van der Waals surface area contributed by atoms with Crippen molar-refractivity contribution in [2.24, 2.45) is 0 Å². The Hall–Kier alpha value is -4.16. The minimum atomic E-state index is -5.69. The number of nitrogens with two attached hydrogens (primary N) is 1. The summed E-state index contributed by atoms with van der Waals surface area (Å²) in [4.78, 5) is 21.6. The van der Waals surface area contributed by atoms with E-state index in [0.717, 1.165) is 4.68 Å². The standard InChI is InChI=1S/C24H18F6N6O/c1-22(13-7-3-4-8-14(13)25)17-18(31)32-21(34-19(17)33-20(22)37)36-16-9-5-2-6-12(16)15(35-36)10-11-23(26,27)24(28,29)30/h2-9H,10-11H2,1H3,(H3,31,32,33,34,37). The number of carbonyl (C=O) groups is 1. The summed E-state index contributed by atoms with van der Waals surface area (Å²) in [7, 11) is 0. The molecule has 0 aliphatic carbocycles. The Labute approximate surface area is 205 Å². The van der Waals surface area contributed by atoms with Gasteiger partial charge in [0, 0.05) is 17.4 Å². The lowest BCUT2D eigenvalue weighted by Gasteiger charge is -2.23. The van der Waals surface area contributed by atoms with Crippen molar-refractivity contribution in [3.8, 4) is 5.95 Å². The molecule has 192 valence electrons. The topological polar surface area (TPSA) is 98.7 Å². The number of halogens is 6. The van der Waals surface area contributed by atoms with Gasteiger partial charge in [-0.05, 0) is 25.5 Å². The molecule has 1 unspecified atom stereocenters. The van der Waals surface area contributed by atoms with Gasteiger partial charge in [0.05, 0.1) is 16.8 Å². The maximum absolute atomic E-state index is 14.6. The van der Waals surface area contributed by atoms with Crippen molar-refractivity contribution in [3.63, 3.8) is 0 Å². The highest BCUT2D eigenvalue weighted by molar-refractivity contribution is 6.09. The molecule has 1 aliphatic heterocycles. The Balaban J connectivity index is 1.60. The van der Waals surface area contributed by atoms with Crippen LogP contribution in [0.1, 0.15) is 30.2 Å². The largest absolute Gasteiger partial charge is 0.453 e. The highest BCUT2D eigenvalue weighted by atomic mass is 19.4. The highest BCUT2D eigenvalue weighted by Gasteiger charge is 2.56. The van der Waals surface area contributed by atoms with Crippen LogP contribution in [0, 0.1) is 5.82 Å². The molecule has 2 aromatic heterocycles. The molecule has 3 heterocycles. The Bertz CT molecular complexity index is 1550. The van der Waals surface area contributed by atoms with Crippen LogP contribution in [0.25, 0.3) is 16.9 Å². The van der Waals surface area contributed by atoms with Crippen LogP contribution >= 0.6 is 0 Å². The van der Waals surface area contributed by atoms with Crippen LogP contribution in [0.2, 0.25) is 0 Å². The van der Waals surface area contributed by atoms with E-state index in [9.17, 15) is 31.1 Å². The quantitative estimate of drug-likeness (QED) is 0.364. The lowest BCUT2D eigenvalue weighted by Crippen LogP contribution is -2.36. The molecule has 0 saturated heterocycles. The molecule has 37 heavy (non-hydrogen) atoms. The third-order valence-corrected chi connectivity index (χ3v) is 6.47. The number of alkyl halides is 5. The highest BCUT2D eigenvalue weighted by Crippen LogP contribution is 2.45. The van der Waals surface area contributed by atoms with Gasteiger partial charge >= 0.3 is 12.1 Å². The average molecular weight is 520 g/mol. The molecular formula is C24H18F6N6O. The summed E-state index contributed by atoms with van der Waals surface area (Å²) in [5, 5.41) is 7.10. The molecule has 0 radical (unpaired) electrons. The van der Waals surface area contributed by atoms with Gasteiger partial charge in [-0.1, -0.05) is 36.4 Å². The van der Waals surface area contributed by atoms with Gasteiger partial charge in [-0.3, -0.25) is 4.79 Å². The van der Waals surface area contributed by atoms with Crippen molar-refractivity contribution < 1.29 is 31.1 Å². The van der Waals surface area contributed by atoms with Crippen molar-refractivity contribution >= 4 is 28.4 Å². The molecule has 5 rings (SSSR count). The van der Waals surface area contributed by atoms with E-state index in [4.69, 9.17) is 5.73 Å². The average Bonchev–Trinajstić information content (AvgIpc) is 3.32. The third-order valence-electron chi connectivity index (χ3n) is 6.47. The van der Waals surface area contributed by atoms with Crippen LogP contribution in [0.4, 0.5) is 38.0 Å². The molecule has 3 N–H and O–H groups in total. The summed E-state index contributed by atoms with van der Waals surface area (Å²) < 4.78 is 80.9. The van der Waals surface area contributed by atoms with E-state index in [2.05, 4.69) is 20.4 Å². The van der Waals surface area contributed by atoms with Crippen LogP contribution in [0.15, 0.2) is 48.5 Å². The number of fused-ring (bicyclic) bond motifs is 2. The number of aromatic nitrogens is 4. The van der Waals surface area contributed by atoms with Crippen molar-refractivity contribution in [3.05, 3.63) is 71.2 Å². The van der Waals surface area contributed by atoms with E-state index in [1.807, 2.05) is 0 Å². The lowest BCUT2D eigenvalue weighted by molar-refractivity contribution is -0.284. The first kappa shape index (κ1) is 24.5. The number of aryl methyl sites for hydroxylation is 1. The Morgan fingerprint density at radius 2 is 1.70 bits per heavy atom. The Morgan fingerprint density at radius 1 is 1.03 bits per heavy atom. The first-order valence-electron chi connectivity index (χ1n) is 11.0.